The molecule has 15 heteroatoms. The number of imidazole rings is 1. The Bertz CT molecular complexity index is 2420. The molecule has 0 saturated carbocycles. The Kier molecular flexibility index (Phi) is 10.5. The number of anilines is 1. The molecule has 0 bridgehead atoms. The average molecular weight is 798 g/mol. The van der Waals surface area contributed by atoms with Gasteiger partial charge in [-0.1, -0.05) is 30.0 Å². The van der Waals surface area contributed by atoms with E-state index >= 15 is 0 Å². The smallest absolute Gasteiger partial charge is 0.317 e. The van der Waals surface area contributed by atoms with Crippen molar-refractivity contribution in [1.29, 1.82) is 0 Å². The number of aromatic nitrogens is 3. The van der Waals surface area contributed by atoms with Gasteiger partial charge >= 0.3 is 6.03 Å². The highest BCUT2D eigenvalue weighted by Gasteiger charge is 2.40. The van der Waals surface area contributed by atoms with Gasteiger partial charge in [-0.05, 0) is 55.2 Å². The second-order valence-corrected chi connectivity index (χ2v) is 15.8. The number of carbonyl (C=O) groups excluding carboxylic acids is 5. The van der Waals surface area contributed by atoms with Gasteiger partial charge in [-0.3, -0.25) is 24.5 Å². The van der Waals surface area contributed by atoms with Crippen molar-refractivity contribution in [3.63, 3.8) is 0 Å². The predicted molar refractivity (Wildman–Crippen MR) is 218 cm³/mol. The number of fused-ring (bicyclic) bond motifs is 3. The molecule has 59 heavy (non-hydrogen) atoms. The minimum Gasteiger partial charge on any atom is -0.381 e. The SMILES string of the molecule is CC(=O)N1CCn2c(C3CCOCC3)nc(-c3cccc4nc(N5CCN(C(=O)NCCC#Cc6cccc7c6CN(C6CCC(=O)NC6=O)C7=O)CC5)ccc34)c2C1. The molecule has 304 valence electrons. The molecule has 5 aliphatic rings. The summed E-state index contributed by atoms with van der Waals surface area (Å²) in [6, 6.07) is 14.9. The number of nitrogens with one attached hydrogen (secondary N) is 2. The topological polar surface area (TPSA) is 162 Å². The molecule has 1 unspecified atom stereocenters. The summed E-state index contributed by atoms with van der Waals surface area (Å²) in [5, 5.41) is 6.33. The zero-order chi connectivity index (χ0) is 40.6. The van der Waals surface area contributed by atoms with E-state index < -0.39 is 11.9 Å². The van der Waals surface area contributed by atoms with Gasteiger partial charge in [0.2, 0.25) is 17.7 Å². The summed E-state index contributed by atoms with van der Waals surface area (Å²) in [4.78, 5) is 80.6. The minimum absolute atomic E-state index is 0.0676. The summed E-state index contributed by atoms with van der Waals surface area (Å²) < 4.78 is 8.00. The zero-order valence-electron chi connectivity index (χ0n) is 33.2. The largest absolute Gasteiger partial charge is 0.381 e. The van der Waals surface area contributed by atoms with Gasteiger partial charge in [0.15, 0.2) is 0 Å². The van der Waals surface area contributed by atoms with Gasteiger partial charge < -0.3 is 34.2 Å². The van der Waals surface area contributed by atoms with Crippen LogP contribution in [0, 0.1) is 11.8 Å². The van der Waals surface area contributed by atoms with Crippen LogP contribution in [0.1, 0.15) is 77.9 Å². The molecular weight excluding hydrogens is 751 g/mol. The van der Waals surface area contributed by atoms with Crippen molar-refractivity contribution >= 4 is 46.4 Å². The van der Waals surface area contributed by atoms with Gasteiger partial charge in [0.25, 0.3) is 5.91 Å². The minimum atomic E-state index is -0.680. The Balaban J connectivity index is 0.812. The molecule has 15 nitrogen and oxygen atoms in total. The van der Waals surface area contributed by atoms with Crippen LogP contribution in [0.15, 0.2) is 48.5 Å². The number of pyridine rings is 1. The standard InChI is InChI=1S/C44H47N9O6/c1-28(54)51-22-23-52-37(27-51)40(48-41(52)30-15-24-59-25-16-30)32-8-5-10-35-31(32)11-13-38(46-35)49-18-20-50(21-19-49)44(58)45-17-3-2-6-29-7-4-9-33-34(29)26-53(43(33)57)36-12-14-39(55)47-42(36)56/h4-5,7-11,13,30,36H,3,12,14-27H2,1H3,(H,45,58)(H,47,55,56). The molecule has 2 aromatic carbocycles. The van der Waals surface area contributed by atoms with Gasteiger partial charge in [0.05, 0.1) is 23.4 Å². The number of rotatable bonds is 6. The molecule has 9 rings (SSSR count). The normalized spacial score (nSPS) is 19.6. The lowest BCUT2D eigenvalue weighted by atomic mass is 9.99. The molecule has 7 heterocycles. The highest BCUT2D eigenvalue weighted by molar-refractivity contribution is 6.05. The third kappa shape index (κ3) is 7.49. The quantitative estimate of drug-likeness (QED) is 0.169. The van der Waals surface area contributed by atoms with Gasteiger partial charge in [0.1, 0.15) is 17.7 Å². The summed E-state index contributed by atoms with van der Waals surface area (Å²) in [5.74, 6) is 7.63. The van der Waals surface area contributed by atoms with E-state index in [1.807, 2.05) is 28.0 Å². The van der Waals surface area contributed by atoms with Crippen molar-refractivity contribution in [2.45, 2.75) is 70.6 Å². The first kappa shape index (κ1) is 38.3. The van der Waals surface area contributed by atoms with Crippen molar-refractivity contribution in [3.8, 4) is 23.1 Å². The number of hydrogen-bond donors (Lipinski definition) is 2. The maximum absolute atomic E-state index is 13.1. The van der Waals surface area contributed by atoms with Crippen molar-refractivity contribution in [1.82, 2.24) is 39.9 Å². The first-order valence-corrected chi connectivity index (χ1v) is 20.6. The van der Waals surface area contributed by atoms with Gasteiger partial charge in [-0.15, -0.1) is 0 Å². The fourth-order valence-corrected chi connectivity index (χ4v) is 9.02. The molecular formula is C44H47N9O6. The maximum atomic E-state index is 13.1. The van der Waals surface area contributed by atoms with Crippen LogP contribution in [-0.4, -0.2) is 117 Å². The van der Waals surface area contributed by atoms with Crippen molar-refractivity contribution in [2.75, 3.05) is 57.4 Å². The van der Waals surface area contributed by atoms with Crippen LogP contribution >= 0.6 is 0 Å². The number of imide groups is 1. The Hall–Kier alpha value is -6.27. The molecule has 0 spiro atoms. The van der Waals surface area contributed by atoms with Crippen LogP contribution in [0.5, 0.6) is 0 Å². The number of amides is 6. The Morgan fingerprint density at radius 2 is 1.66 bits per heavy atom. The number of piperazine rings is 1. The lowest BCUT2D eigenvalue weighted by Crippen LogP contribution is -2.52. The van der Waals surface area contributed by atoms with E-state index in [1.165, 1.54) is 4.90 Å². The number of ether oxygens (including phenoxy) is 1. The molecule has 6 amide bonds. The zero-order valence-corrected chi connectivity index (χ0v) is 33.2. The second-order valence-electron chi connectivity index (χ2n) is 15.8. The first-order valence-electron chi connectivity index (χ1n) is 20.6. The van der Waals surface area contributed by atoms with Crippen LogP contribution in [0.4, 0.5) is 10.6 Å². The predicted octanol–water partition coefficient (Wildman–Crippen LogP) is 3.39. The van der Waals surface area contributed by atoms with Crippen LogP contribution in [0.2, 0.25) is 0 Å². The number of nitrogens with zero attached hydrogens (tertiary/aromatic N) is 7. The first-order chi connectivity index (χ1) is 28.7. The Morgan fingerprint density at radius 1 is 0.881 bits per heavy atom. The molecule has 0 aliphatic carbocycles. The van der Waals surface area contributed by atoms with Gasteiger partial charge in [-0.2, -0.15) is 0 Å². The van der Waals surface area contributed by atoms with E-state index in [0.717, 1.165) is 77.7 Å². The monoisotopic (exact) mass is 797 g/mol. The average Bonchev–Trinajstić information content (AvgIpc) is 3.81. The van der Waals surface area contributed by atoms with Gasteiger partial charge in [-0.25, -0.2) is 14.8 Å². The van der Waals surface area contributed by atoms with E-state index in [9.17, 15) is 24.0 Å². The fraction of sp³-hybridized carbons (Fsp3) is 0.432. The van der Waals surface area contributed by atoms with E-state index in [0.29, 0.717) is 75.7 Å². The molecule has 1 atom stereocenters. The molecule has 3 fully saturated rings. The van der Waals surface area contributed by atoms with E-state index in [4.69, 9.17) is 14.7 Å². The second kappa shape index (κ2) is 16.2. The summed E-state index contributed by atoms with van der Waals surface area (Å²) in [6.45, 7) is 8.05. The number of urea groups is 1. The summed E-state index contributed by atoms with van der Waals surface area (Å²) in [6.07, 6.45) is 2.81. The molecule has 5 aliphatic heterocycles. The molecule has 4 aromatic rings. The lowest BCUT2D eigenvalue weighted by Gasteiger charge is -2.35. The van der Waals surface area contributed by atoms with E-state index in [-0.39, 0.29) is 36.7 Å². The third-order valence-electron chi connectivity index (χ3n) is 12.3. The highest BCUT2D eigenvalue weighted by atomic mass is 16.5. The van der Waals surface area contributed by atoms with Crippen molar-refractivity contribution in [2.24, 2.45) is 0 Å². The molecule has 3 saturated heterocycles. The Labute approximate surface area is 342 Å². The number of benzene rings is 2. The number of hydrogen-bond acceptors (Lipinski definition) is 9. The number of carbonyl (C=O) groups is 5. The molecule has 0 radical (unpaired) electrons. The Morgan fingerprint density at radius 3 is 2.46 bits per heavy atom. The van der Waals surface area contributed by atoms with Crippen LogP contribution in [0.25, 0.3) is 22.2 Å². The van der Waals surface area contributed by atoms with Crippen LogP contribution in [0.3, 0.4) is 0 Å². The van der Waals surface area contributed by atoms with E-state index in [2.05, 4.69) is 50.1 Å². The molecule has 2 N–H and O–H groups in total. The molecule has 2 aromatic heterocycles. The van der Waals surface area contributed by atoms with Crippen LogP contribution < -0.4 is 15.5 Å². The highest BCUT2D eigenvalue weighted by Crippen LogP contribution is 2.37. The summed E-state index contributed by atoms with van der Waals surface area (Å²) >= 11 is 0. The summed E-state index contributed by atoms with van der Waals surface area (Å²) in [7, 11) is 0. The number of piperidine rings is 1. The third-order valence-corrected chi connectivity index (χ3v) is 12.3. The summed E-state index contributed by atoms with van der Waals surface area (Å²) in [5.41, 5.74) is 5.88. The fourth-order valence-electron chi connectivity index (χ4n) is 9.02. The van der Waals surface area contributed by atoms with E-state index in [1.54, 1.807) is 19.1 Å². The lowest BCUT2D eigenvalue weighted by molar-refractivity contribution is -0.137. The van der Waals surface area contributed by atoms with Crippen LogP contribution in [-0.2, 0) is 38.8 Å². The van der Waals surface area contributed by atoms with Crippen molar-refractivity contribution in [3.05, 3.63) is 76.7 Å². The maximum Gasteiger partial charge on any atom is 0.317 e. The van der Waals surface area contributed by atoms with Gasteiger partial charge in [0, 0.05) is 113 Å². The van der Waals surface area contributed by atoms with Crippen molar-refractivity contribution < 1.29 is 28.7 Å².